The Bertz CT molecular complexity index is 1690. The summed E-state index contributed by atoms with van der Waals surface area (Å²) >= 11 is 0. The Hall–Kier alpha value is -4.50. The molecule has 0 bridgehead atoms. The van der Waals surface area contributed by atoms with E-state index in [-0.39, 0.29) is 29.8 Å². The zero-order valence-electron chi connectivity index (χ0n) is 26.1. The summed E-state index contributed by atoms with van der Waals surface area (Å²) < 4.78 is 43.3. The third-order valence-corrected chi connectivity index (χ3v) is 9.58. The molecule has 0 spiro atoms. The number of hydrogen-bond acceptors (Lipinski definition) is 4. The second kappa shape index (κ2) is 15.0. The summed E-state index contributed by atoms with van der Waals surface area (Å²) in [7, 11) is -4.19. The van der Waals surface area contributed by atoms with Crippen LogP contribution < -0.4 is 9.62 Å². The first kappa shape index (κ1) is 33.4. The van der Waals surface area contributed by atoms with Crippen molar-refractivity contribution in [2.45, 2.75) is 64.1 Å². The van der Waals surface area contributed by atoms with Crippen molar-refractivity contribution in [1.82, 2.24) is 10.2 Å². The molecule has 4 rings (SSSR count). The Labute approximate surface area is 265 Å². The van der Waals surface area contributed by atoms with Gasteiger partial charge < -0.3 is 10.2 Å². The average Bonchev–Trinajstić information content (AvgIpc) is 3.03. The normalized spacial score (nSPS) is 12.6. The van der Waals surface area contributed by atoms with Crippen molar-refractivity contribution in [3.05, 3.63) is 131 Å². The van der Waals surface area contributed by atoms with E-state index in [1.165, 1.54) is 29.2 Å². The first-order valence-corrected chi connectivity index (χ1v) is 16.5. The number of benzene rings is 4. The number of sulfonamides is 1. The van der Waals surface area contributed by atoms with Gasteiger partial charge in [-0.25, -0.2) is 12.8 Å². The monoisotopic (exact) mass is 629 g/mol. The van der Waals surface area contributed by atoms with E-state index < -0.39 is 34.3 Å². The summed E-state index contributed by atoms with van der Waals surface area (Å²) in [5.41, 5.74) is 3.36. The van der Waals surface area contributed by atoms with E-state index in [4.69, 9.17) is 0 Å². The summed E-state index contributed by atoms with van der Waals surface area (Å²) in [4.78, 5) is 29.8. The number of carbonyl (C=O) groups is 2. The lowest BCUT2D eigenvalue weighted by molar-refractivity contribution is -0.140. The Balaban J connectivity index is 1.81. The average molecular weight is 630 g/mol. The molecule has 2 atom stereocenters. The number of nitrogens with one attached hydrogen (secondary N) is 1. The lowest BCUT2D eigenvalue weighted by Crippen LogP contribution is -2.54. The third kappa shape index (κ3) is 8.57. The van der Waals surface area contributed by atoms with Crippen LogP contribution in [0, 0.1) is 19.7 Å². The summed E-state index contributed by atoms with van der Waals surface area (Å²) in [5, 5.41) is 3.01. The molecule has 0 heterocycles. The molecule has 0 radical (unpaired) electrons. The first-order chi connectivity index (χ1) is 21.5. The van der Waals surface area contributed by atoms with Crippen LogP contribution >= 0.6 is 0 Å². The van der Waals surface area contributed by atoms with Gasteiger partial charge in [-0.15, -0.1) is 0 Å². The van der Waals surface area contributed by atoms with Crippen molar-refractivity contribution in [1.29, 1.82) is 0 Å². The summed E-state index contributed by atoms with van der Waals surface area (Å²) in [6, 6.07) is 27.4. The van der Waals surface area contributed by atoms with E-state index in [0.717, 1.165) is 15.4 Å². The molecule has 4 aromatic rings. The molecule has 2 amide bonds. The number of aryl methyl sites for hydroxylation is 2. The van der Waals surface area contributed by atoms with Gasteiger partial charge in [0.2, 0.25) is 11.8 Å². The van der Waals surface area contributed by atoms with Gasteiger partial charge in [0.15, 0.2) is 0 Å². The van der Waals surface area contributed by atoms with Crippen molar-refractivity contribution < 1.29 is 22.4 Å². The fraction of sp³-hybridized carbons (Fsp3) is 0.278. The maximum absolute atomic E-state index is 14.5. The minimum atomic E-state index is -4.19. The van der Waals surface area contributed by atoms with E-state index in [1.54, 1.807) is 55.5 Å². The molecule has 0 fully saturated rings. The van der Waals surface area contributed by atoms with Crippen molar-refractivity contribution in [2.24, 2.45) is 0 Å². The summed E-state index contributed by atoms with van der Waals surface area (Å²) in [6.07, 6.45) is 0.886. The Morgan fingerprint density at radius 2 is 1.44 bits per heavy atom. The molecule has 0 saturated carbocycles. The molecular weight excluding hydrogens is 589 g/mol. The number of rotatable bonds is 13. The fourth-order valence-corrected chi connectivity index (χ4v) is 6.45. The molecule has 0 aliphatic carbocycles. The van der Waals surface area contributed by atoms with Crippen LogP contribution in [0.5, 0.6) is 0 Å². The molecule has 45 heavy (non-hydrogen) atoms. The quantitative estimate of drug-likeness (QED) is 0.191. The van der Waals surface area contributed by atoms with Gasteiger partial charge >= 0.3 is 0 Å². The highest BCUT2D eigenvalue weighted by Gasteiger charge is 2.35. The maximum atomic E-state index is 14.5. The molecular formula is C36H40FN3O4S. The SMILES string of the molecule is CC[C@H](C)NC(=O)[C@H](Cc1ccccc1)N(Cc1ccc(F)cc1)C(=O)CN(c1ccccc1C)S(=O)(=O)c1ccc(C)cc1. The number of amides is 2. The largest absolute Gasteiger partial charge is 0.352 e. The number of nitrogens with zero attached hydrogens (tertiary/aromatic N) is 2. The van der Waals surface area contributed by atoms with E-state index in [9.17, 15) is 22.4 Å². The van der Waals surface area contributed by atoms with Gasteiger partial charge in [0.05, 0.1) is 10.6 Å². The smallest absolute Gasteiger partial charge is 0.264 e. The van der Waals surface area contributed by atoms with Crippen LogP contribution in [-0.4, -0.2) is 43.8 Å². The van der Waals surface area contributed by atoms with Gasteiger partial charge in [-0.05, 0) is 74.2 Å². The fourth-order valence-electron chi connectivity index (χ4n) is 4.98. The Morgan fingerprint density at radius 1 is 0.822 bits per heavy atom. The van der Waals surface area contributed by atoms with Crippen LogP contribution in [0.4, 0.5) is 10.1 Å². The molecule has 0 aliphatic heterocycles. The van der Waals surface area contributed by atoms with Crippen molar-refractivity contribution in [2.75, 3.05) is 10.8 Å². The molecule has 0 aliphatic rings. The Kier molecular flexibility index (Phi) is 11.1. The summed E-state index contributed by atoms with van der Waals surface area (Å²) in [6.45, 7) is 6.91. The zero-order valence-corrected chi connectivity index (χ0v) is 26.9. The standard InChI is InChI=1S/C36H40FN3O4S/c1-5-28(4)38-36(42)34(23-29-12-7-6-8-13-29)39(24-30-17-19-31(37)20-18-30)35(41)25-40(33-14-10-9-11-27(33)3)45(43,44)32-21-15-26(2)16-22-32/h6-22,28,34H,5,23-25H2,1-4H3,(H,38,42)/t28-,34-/m0/s1. The maximum Gasteiger partial charge on any atom is 0.264 e. The van der Waals surface area contributed by atoms with Crippen LogP contribution in [0.1, 0.15) is 42.5 Å². The third-order valence-electron chi connectivity index (χ3n) is 7.81. The molecule has 0 unspecified atom stereocenters. The van der Waals surface area contributed by atoms with Crippen LogP contribution in [0.3, 0.4) is 0 Å². The van der Waals surface area contributed by atoms with Gasteiger partial charge in [-0.3, -0.25) is 13.9 Å². The molecule has 7 nitrogen and oxygen atoms in total. The topological polar surface area (TPSA) is 86.8 Å². The van der Waals surface area contributed by atoms with Crippen LogP contribution in [-0.2, 0) is 32.6 Å². The highest BCUT2D eigenvalue weighted by Crippen LogP contribution is 2.28. The second-order valence-corrected chi connectivity index (χ2v) is 13.1. The summed E-state index contributed by atoms with van der Waals surface area (Å²) in [5.74, 6) is -1.35. The van der Waals surface area contributed by atoms with Gasteiger partial charge in [0.1, 0.15) is 18.4 Å². The lowest BCUT2D eigenvalue weighted by Gasteiger charge is -2.34. The minimum absolute atomic E-state index is 0.0310. The number of hydrogen-bond donors (Lipinski definition) is 1. The highest BCUT2D eigenvalue weighted by atomic mass is 32.2. The van der Waals surface area contributed by atoms with E-state index in [0.29, 0.717) is 23.2 Å². The second-order valence-electron chi connectivity index (χ2n) is 11.3. The van der Waals surface area contributed by atoms with E-state index in [2.05, 4.69) is 5.32 Å². The predicted octanol–water partition coefficient (Wildman–Crippen LogP) is 6.19. The lowest BCUT2D eigenvalue weighted by atomic mass is 10.0. The number of anilines is 1. The highest BCUT2D eigenvalue weighted by molar-refractivity contribution is 7.92. The van der Waals surface area contributed by atoms with Gasteiger partial charge in [-0.2, -0.15) is 0 Å². The molecule has 0 saturated heterocycles. The number of para-hydroxylation sites is 1. The molecule has 0 aromatic heterocycles. The Morgan fingerprint density at radius 3 is 2.07 bits per heavy atom. The van der Waals surface area contributed by atoms with Gasteiger partial charge in [0, 0.05) is 19.0 Å². The number of carbonyl (C=O) groups excluding carboxylic acids is 2. The van der Waals surface area contributed by atoms with E-state index in [1.807, 2.05) is 51.1 Å². The van der Waals surface area contributed by atoms with Crippen molar-refractivity contribution >= 4 is 27.5 Å². The minimum Gasteiger partial charge on any atom is -0.352 e. The first-order valence-electron chi connectivity index (χ1n) is 15.0. The van der Waals surface area contributed by atoms with Gasteiger partial charge in [0.25, 0.3) is 10.0 Å². The number of halogens is 1. The molecule has 236 valence electrons. The van der Waals surface area contributed by atoms with Crippen LogP contribution in [0.2, 0.25) is 0 Å². The van der Waals surface area contributed by atoms with Crippen molar-refractivity contribution in [3.63, 3.8) is 0 Å². The van der Waals surface area contributed by atoms with Crippen LogP contribution in [0.15, 0.2) is 108 Å². The predicted molar refractivity (Wildman–Crippen MR) is 176 cm³/mol. The van der Waals surface area contributed by atoms with E-state index >= 15 is 0 Å². The van der Waals surface area contributed by atoms with Crippen LogP contribution in [0.25, 0.3) is 0 Å². The molecule has 9 heteroatoms. The van der Waals surface area contributed by atoms with Gasteiger partial charge in [-0.1, -0.05) is 85.3 Å². The van der Waals surface area contributed by atoms with Crippen molar-refractivity contribution in [3.8, 4) is 0 Å². The molecule has 1 N–H and O–H groups in total. The zero-order chi connectivity index (χ0) is 32.6. The molecule has 4 aromatic carbocycles.